The third-order valence-electron chi connectivity index (χ3n) is 3.58. The molecule has 0 amide bonds. The average molecular weight is 262 g/mol. The summed E-state index contributed by atoms with van der Waals surface area (Å²) in [6, 6.07) is 2.64. The van der Waals surface area contributed by atoms with Crippen molar-refractivity contribution < 1.29 is 0 Å². The van der Waals surface area contributed by atoms with Crippen LogP contribution in [0.1, 0.15) is 26.2 Å². The molecule has 5 heteroatoms. The fraction of sp³-hybridized carbons (Fsp3) is 0.538. The lowest BCUT2D eigenvalue weighted by atomic mass is 10.0. The van der Waals surface area contributed by atoms with Gasteiger partial charge >= 0.3 is 0 Å². The van der Waals surface area contributed by atoms with E-state index in [1.165, 1.54) is 24.0 Å². The Morgan fingerprint density at radius 2 is 2.28 bits per heavy atom. The first-order chi connectivity index (χ1) is 8.79. The molecule has 3 heterocycles. The maximum atomic E-state index is 4.68. The van der Waals surface area contributed by atoms with Crippen LogP contribution in [0, 0.1) is 0 Å². The highest BCUT2D eigenvalue weighted by Gasteiger charge is 2.22. The van der Waals surface area contributed by atoms with Crippen LogP contribution in [-0.2, 0) is 0 Å². The van der Waals surface area contributed by atoms with Crippen molar-refractivity contribution in [2.45, 2.75) is 32.2 Å². The Bertz CT molecular complexity index is 551. The molecule has 96 valence electrons. The molecule has 2 aromatic rings. The highest BCUT2D eigenvalue weighted by molar-refractivity contribution is 7.17. The molecule has 0 spiro atoms. The van der Waals surface area contributed by atoms with Crippen molar-refractivity contribution in [1.29, 1.82) is 0 Å². The minimum absolute atomic E-state index is 0.573. The molecular weight excluding hydrogens is 244 g/mol. The van der Waals surface area contributed by atoms with Crippen molar-refractivity contribution in [2.75, 3.05) is 23.8 Å². The van der Waals surface area contributed by atoms with E-state index in [-0.39, 0.29) is 0 Å². The lowest BCUT2D eigenvalue weighted by molar-refractivity contribution is 0.482. The smallest absolute Gasteiger partial charge is 0.225 e. The third kappa shape index (κ3) is 1.92. The van der Waals surface area contributed by atoms with Crippen molar-refractivity contribution in [3.05, 3.63) is 11.4 Å². The molecule has 0 bridgehead atoms. The van der Waals surface area contributed by atoms with E-state index < -0.39 is 0 Å². The van der Waals surface area contributed by atoms with Crippen molar-refractivity contribution in [3.8, 4) is 0 Å². The number of hydrogen-bond acceptors (Lipinski definition) is 5. The first-order valence-electron chi connectivity index (χ1n) is 6.49. The topological polar surface area (TPSA) is 41.1 Å². The molecule has 0 aliphatic carbocycles. The zero-order chi connectivity index (χ0) is 12.5. The SMILES string of the molecule is CNc1nc(N2CCCCC2C)c2sccc2n1. The van der Waals surface area contributed by atoms with E-state index in [0.717, 1.165) is 17.9 Å². The van der Waals surface area contributed by atoms with Gasteiger partial charge < -0.3 is 10.2 Å². The summed E-state index contributed by atoms with van der Waals surface area (Å²) in [6.45, 7) is 3.40. The van der Waals surface area contributed by atoms with Gasteiger partial charge in [-0.15, -0.1) is 11.3 Å². The molecule has 0 saturated carbocycles. The van der Waals surface area contributed by atoms with Gasteiger partial charge in [0.1, 0.15) is 0 Å². The van der Waals surface area contributed by atoms with Crippen LogP contribution in [0.3, 0.4) is 0 Å². The summed E-state index contributed by atoms with van der Waals surface area (Å²) in [5.41, 5.74) is 1.05. The van der Waals surface area contributed by atoms with Gasteiger partial charge in [-0.25, -0.2) is 4.98 Å². The van der Waals surface area contributed by atoms with Crippen molar-refractivity contribution in [3.63, 3.8) is 0 Å². The summed E-state index contributed by atoms with van der Waals surface area (Å²) in [5.74, 6) is 1.82. The molecule has 1 atom stereocenters. The van der Waals surface area contributed by atoms with E-state index in [1.54, 1.807) is 11.3 Å². The Balaban J connectivity index is 2.10. The minimum Gasteiger partial charge on any atom is -0.357 e. The zero-order valence-electron chi connectivity index (χ0n) is 10.8. The van der Waals surface area contributed by atoms with E-state index in [0.29, 0.717) is 12.0 Å². The molecule has 1 saturated heterocycles. The van der Waals surface area contributed by atoms with Gasteiger partial charge in [0.15, 0.2) is 5.82 Å². The van der Waals surface area contributed by atoms with Crippen LogP contribution >= 0.6 is 11.3 Å². The Morgan fingerprint density at radius 3 is 3.06 bits per heavy atom. The Hall–Kier alpha value is -1.36. The second-order valence-corrected chi connectivity index (χ2v) is 5.71. The summed E-state index contributed by atoms with van der Waals surface area (Å²) in [6.07, 6.45) is 3.84. The van der Waals surface area contributed by atoms with Crippen LogP contribution in [0.5, 0.6) is 0 Å². The monoisotopic (exact) mass is 262 g/mol. The first-order valence-corrected chi connectivity index (χ1v) is 7.37. The number of nitrogens with one attached hydrogen (secondary N) is 1. The molecular formula is C13H18N4S. The molecule has 0 radical (unpaired) electrons. The number of piperidine rings is 1. The van der Waals surface area contributed by atoms with E-state index in [1.807, 2.05) is 7.05 Å². The minimum atomic E-state index is 0.573. The number of nitrogens with zero attached hydrogens (tertiary/aromatic N) is 3. The summed E-state index contributed by atoms with van der Waals surface area (Å²) < 4.78 is 1.21. The average Bonchev–Trinajstić information content (AvgIpc) is 2.86. The second kappa shape index (κ2) is 4.72. The van der Waals surface area contributed by atoms with Gasteiger partial charge in [-0.2, -0.15) is 4.98 Å². The highest BCUT2D eigenvalue weighted by Crippen LogP contribution is 2.33. The molecule has 0 aromatic carbocycles. The van der Waals surface area contributed by atoms with Crippen LogP contribution in [0.15, 0.2) is 11.4 Å². The number of anilines is 2. The lowest BCUT2D eigenvalue weighted by Gasteiger charge is -2.34. The van der Waals surface area contributed by atoms with Gasteiger partial charge in [0.2, 0.25) is 5.95 Å². The quantitative estimate of drug-likeness (QED) is 0.903. The van der Waals surface area contributed by atoms with Gasteiger partial charge in [-0.1, -0.05) is 0 Å². The number of thiophene rings is 1. The summed E-state index contributed by atoms with van der Waals surface area (Å²) in [7, 11) is 1.87. The second-order valence-electron chi connectivity index (χ2n) is 4.79. The molecule has 1 N–H and O–H groups in total. The van der Waals surface area contributed by atoms with Gasteiger partial charge in [-0.3, -0.25) is 0 Å². The maximum Gasteiger partial charge on any atom is 0.225 e. The summed E-state index contributed by atoms with van der Waals surface area (Å²) in [4.78, 5) is 11.6. The van der Waals surface area contributed by atoms with Gasteiger partial charge in [0.25, 0.3) is 0 Å². The summed E-state index contributed by atoms with van der Waals surface area (Å²) in [5, 5.41) is 5.15. The van der Waals surface area contributed by atoms with Gasteiger partial charge in [0.05, 0.1) is 10.2 Å². The zero-order valence-corrected chi connectivity index (χ0v) is 11.6. The Kier molecular flexibility index (Phi) is 3.07. The normalized spacial score (nSPS) is 20.3. The predicted octanol–water partition coefficient (Wildman–Crippen LogP) is 3.11. The predicted molar refractivity (Wildman–Crippen MR) is 77.6 cm³/mol. The van der Waals surface area contributed by atoms with E-state index in [9.17, 15) is 0 Å². The number of aromatic nitrogens is 2. The molecule has 4 nitrogen and oxygen atoms in total. The van der Waals surface area contributed by atoms with Crippen molar-refractivity contribution in [2.24, 2.45) is 0 Å². The van der Waals surface area contributed by atoms with Crippen LogP contribution < -0.4 is 10.2 Å². The largest absolute Gasteiger partial charge is 0.357 e. The standard InChI is InChI=1S/C13H18N4S/c1-9-5-3-4-7-17(9)12-11-10(6-8-18-11)15-13(14-2)16-12/h6,8-9H,3-5,7H2,1-2H3,(H,14,15,16). The number of hydrogen-bond donors (Lipinski definition) is 1. The van der Waals surface area contributed by atoms with E-state index in [2.05, 4.69) is 38.6 Å². The maximum absolute atomic E-state index is 4.68. The van der Waals surface area contributed by atoms with E-state index >= 15 is 0 Å². The van der Waals surface area contributed by atoms with Crippen molar-refractivity contribution in [1.82, 2.24) is 9.97 Å². The number of rotatable bonds is 2. The number of fused-ring (bicyclic) bond motifs is 1. The van der Waals surface area contributed by atoms with Gasteiger partial charge in [-0.05, 0) is 37.6 Å². The lowest BCUT2D eigenvalue weighted by Crippen LogP contribution is -2.38. The Morgan fingerprint density at radius 1 is 1.39 bits per heavy atom. The molecule has 18 heavy (non-hydrogen) atoms. The van der Waals surface area contributed by atoms with Crippen LogP contribution in [0.25, 0.3) is 10.2 Å². The molecule has 1 aliphatic heterocycles. The Labute approximate surface area is 111 Å². The van der Waals surface area contributed by atoms with Gasteiger partial charge in [0, 0.05) is 19.6 Å². The fourth-order valence-corrected chi connectivity index (χ4v) is 3.40. The fourth-order valence-electron chi connectivity index (χ4n) is 2.57. The first kappa shape index (κ1) is 11.7. The summed E-state index contributed by atoms with van der Waals surface area (Å²) >= 11 is 1.73. The highest BCUT2D eigenvalue weighted by atomic mass is 32.1. The van der Waals surface area contributed by atoms with Crippen molar-refractivity contribution >= 4 is 33.3 Å². The third-order valence-corrected chi connectivity index (χ3v) is 4.48. The molecule has 1 fully saturated rings. The van der Waals surface area contributed by atoms with Crippen LogP contribution in [-0.4, -0.2) is 29.6 Å². The molecule has 1 aliphatic rings. The molecule has 3 rings (SSSR count). The van der Waals surface area contributed by atoms with Crippen LogP contribution in [0.2, 0.25) is 0 Å². The molecule has 1 unspecified atom stereocenters. The molecule has 2 aromatic heterocycles. The van der Waals surface area contributed by atoms with Crippen LogP contribution in [0.4, 0.5) is 11.8 Å². The van der Waals surface area contributed by atoms with E-state index in [4.69, 9.17) is 0 Å².